The standard InChI is InChI=1S/C19H23N3O3S.C3H6O2.CH2O2/c1-2-15(16(23)8-9-17(20)24)22-18(25)10-5-13-3-6-14(7-4-13)19-21-11-12-26-19;1-2-3(4)5;2-1-3/h3-4,6-7,11-12,15H,2,5,8-10H2,1H3,(H2,20,24)(H,22,25);2H2,1H3,(H,4,5);1H,(H,2,3)/t15-;;/m0../s1. The van der Waals surface area contributed by atoms with Gasteiger partial charge in [-0.05, 0) is 18.4 Å². The van der Waals surface area contributed by atoms with Crippen molar-refractivity contribution in [2.75, 3.05) is 0 Å². The van der Waals surface area contributed by atoms with Crippen LogP contribution < -0.4 is 11.1 Å². The number of carbonyl (C=O) groups excluding carboxylic acids is 3. The van der Waals surface area contributed by atoms with E-state index >= 15 is 0 Å². The van der Waals surface area contributed by atoms with Crippen LogP contribution in [0.15, 0.2) is 35.8 Å². The summed E-state index contributed by atoms with van der Waals surface area (Å²) in [6.45, 7) is 3.17. The first-order valence-electron chi connectivity index (χ1n) is 10.6. The Bertz CT molecular complexity index is 900. The summed E-state index contributed by atoms with van der Waals surface area (Å²) in [5.74, 6) is -1.59. The highest BCUT2D eigenvalue weighted by molar-refractivity contribution is 7.13. The fraction of sp³-hybridized carbons (Fsp3) is 0.391. The molecule has 0 aliphatic heterocycles. The third-order valence-corrected chi connectivity index (χ3v) is 5.15. The number of ketones is 1. The number of hydrogen-bond donors (Lipinski definition) is 4. The molecule has 1 heterocycles. The van der Waals surface area contributed by atoms with Gasteiger partial charge in [-0.1, -0.05) is 38.1 Å². The second kappa shape index (κ2) is 17.9. The fourth-order valence-electron chi connectivity index (χ4n) is 2.54. The molecule has 1 aromatic heterocycles. The van der Waals surface area contributed by atoms with Crippen molar-refractivity contribution in [3.8, 4) is 10.6 Å². The molecule has 0 aliphatic carbocycles. The molecule has 0 unspecified atom stereocenters. The molecular formula is C23H31N3O7S. The predicted molar refractivity (Wildman–Crippen MR) is 128 cm³/mol. The molecule has 34 heavy (non-hydrogen) atoms. The molecule has 0 saturated heterocycles. The normalized spacial score (nSPS) is 10.4. The first-order chi connectivity index (χ1) is 16.2. The van der Waals surface area contributed by atoms with Crippen molar-refractivity contribution in [2.24, 2.45) is 5.73 Å². The highest BCUT2D eigenvalue weighted by Gasteiger charge is 2.19. The topological polar surface area (TPSA) is 177 Å². The molecule has 0 fully saturated rings. The SMILES string of the molecule is CCC(=O)O.CC[C@H](NC(=O)CCc1ccc(-c2nccs2)cc1)C(=O)CCC(N)=O.O=CO. The van der Waals surface area contributed by atoms with Crippen LogP contribution in [0.2, 0.25) is 0 Å². The van der Waals surface area contributed by atoms with Gasteiger partial charge in [0.25, 0.3) is 6.47 Å². The molecule has 0 spiro atoms. The fourth-order valence-corrected chi connectivity index (χ4v) is 3.18. The van der Waals surface area contributed by atoms with Crippen molar-refractivity contribution < 1.29 is 34.2 Å². The van der Waals surface area contributed by atoms with Crippen molar-refractivity contribution in [3.05, 3.63) is 41.4 Å². The Morgan fingerprint density at radius 3 is 2.15 bits per heavy atom. The number of carboxylic acid groups (broad SMARTS) is 2. The molecule has 2 aromatic rings. The smallest absolute Gasteiger partial charge is 0.303 e. The summed E-state index contributed by atoms with van der Waals surface area (Å²) in [7, 11) is 0. The molecule has 2 amide bonds. The molecular weight excluding hydrogens is 462 g/mol. The molecule has 1 aromatic carbocycles. The first-order valence-corrected chi connectivity index (χ1v) is 11.4. The predicted octanol–water partition coefficient (Wildman–Crippen LogP) is 2.65. The van der Waals surface area contributed by atoms with Crippen LogP contribution in [0.25, 0.3) is 10.6 Å². The zero-order chi connectivity index (χ0) is 25.9. The summed E-state index contributed by atoms with van der Waals surface area (Å²) in [6.07, 6.45) is 3.45. The number of aromatic nitrogens is 1. The Morgan fingerprint density at radius 1 is 1.12 bits per heavy atom. The van der Waals surface area contributed by atoms with Crippen LogP contribution in [0.5, 0.6) is 0 Å². The second-order valence-corrected chi connectivity index (χ2v) is 7.74. The monoisotopic (exact) mass is 493 g/mol. The van der Waals surface area contributed by atoms with E-state index in [2.05, 4.69) is 10.3 Å². The maximum absolute atomic E-state index is 12.1. The number of Topliss-reactive ketones (excluding diaryl/α,β-unsaturated/α-hetero) is 1. The van der Waals surface area contributed by atoms with E-state index in [4.69, 9.17) is 20.7 Å². The van der Waals surface area contributed by atoms with Crippen molar-refractivity contribution in [1.82, 2.24) is 10.3 Å². The van der Waals surface area contributed by atoms with E-state index in [1.165, 1.54) is 0 Å². The van der Waals surface area contributed by atoms with E-state index in [1.54, 1.807) is 24.5 Å². The van der Waals surface area contributed by atoms with Gasteiger partial charge in [-0.15, -0.1) is 11.3 Å². The van der Waals surface area contributed by atoms with Gasteiger partial charge < -0.3 is 21.3 Å². The highest BCUT2D eigenvalue weighted by atomic mass is 32.1. The number of carbonyl (C=O) groups is 5. The third-order valence-electron chi connectivity index (χ3n) is 4.33. The van der Waals surface area contributed by atoms with Crippen molar-refractivity contribution >= 4 is 41.4 Å². The lowest BCUT2D eigenvalue weighted by atomic mass is 10.0. The number of hydrogen-bond acceptors (Lipinski definition) is 7. The first kappa shape index (κ1) is 30.4. The molecule has 0 radical (unpaired) electrons. The second-order valence-electron chi connectivity index (χ2n) is 6.85. The number of carboxylic acids is 1. The number of nitrogens with zero attached hydrogens (tertiary/aromatic N) is 1. The van der Waals surface area contributed by atoms with Crippen molar-refractivity contribution in [3.63, 3.8) is 0 Å². The van der Waals surface area contributed by atoms with Crippen LogP contribution >= 0.6 is 11.3 Å². The Balaban J connectivity index is 0.00000118. The van der Waals surface area contributed by atoms with E-state index in [0.717, 1.165) is 16.1 Å². The van der Waals surface area contributed by atoms with Crippen LogP contribution in [0.1, 0.15) is 51.5 Å². The number of primary amides is 1. The lowest BCUT2D eigenvalue weighted by Crippen LogP contribution is -2.40. The largest absolute Gasteiger partial charge is 0.483 e. The van der Waals surface area contributed by atoms with Gasteiger partial charge in [0.15, 0.2) is 5.78 Å². The molecule has 1 atom stereocenters. The molecule has 0 bridgehead atoms. The minimum Gasteiger partial charge on any atom is -0.483 e. The minimum absolute atomic E-state index is 0.0106. The highest BCUT2D eigenvalue weighted by Crippen LogP contribution is 2.22. The van der Waals surface area contributed by atoms with Crippen LogP contribution in [-0.2, 0) is 30.4 Å². The maximum Gasteiger partial charge on any atom is 0.303 e. The number of aliphatic carboxylic acids is 1. The zero-order valence-corrected chi connectivity index (χ0v) is 20.0. The lowest BCUT2D eigenvalue weighted by Gasteiger charge is -2.15. The van der Waals surface area contributed by atoms with E-state index in [9.17, 15) is 19.2 Å². The lowest BCUT2D eigenvalue weighted by molar-refractivity contribution is -0.136. The van der Waals surface area contributed by atoms with Gasteiger partial charge in [-0.25, -0.2) is 4.98 Å². The zero-order valence-electron chi connectivity index (χ0n) is 19.2. The molecule has 0 aliphatic rings. The van der Waals surface area contributed by atoms with Crippen LogP contribution in [-0.4, -0.2) is 51.3 Å². The summed E-state index contributed by atoms with van der Waals surface area (Å²) in [5.41, 5.74) is 7.16. The Kier molecular flexibility index (Phi) is 16.0. The number of amides is 2. The molecule has 11 heteroatoms. The van der Waals surface area contributed by atoms with Gasteiger partial charge in [-0.3, -0.25) is 24.0 Å². The summed E-state index contributed by atoms with van der Waals surface area (Å²) in [6, 6.07) is 7.40. The summed E-state index contributed by atoms with van der Waals surface area (Å²) >= 11 is 1.58. The van der Waals surface area contributed by atoms with Gasteiger partial charge in [0.1, 0.15) is 5.01 Å². The average Bonchev–Trinajstić information content (AvgIpc) is 3.36. The number of thiazole rings is 1. The number of nitrogens with one attached hydrogen (secondary N) is 1. The molecule has 186 valence electrons. The van der Waals surface area contributed by atoms with E-state index in [-0.39, 0.29) is 37.4 Å². The van der Waals surface area contributed by atoms with E-state index < -0.39 is 17.9 Å². The maximum atomic E-state index is 12.1. The van der Waals surface area contributed by atoms with Gasteiger partial charge >= 0.3 is 5.97 Å². The summed E-state index contributed by atoms with van der Waals surface area (Å²) in [5, 5.41) is 20.3. The van der Waals surface area contributed by atoms with Crippen LogP contribution in [0, 0.1) is 0 Å². The van der Waals surface area contributed by atoms with E-state index in [0.29, 0.717) is 19.3 Å². The molecule has 0 saturated carbocycles. The molecule has 2 rings (SSSR count). The van der Waals surface area contributed by atoms with Crippen molar-refractivity contribution in [1.29, 1.82) is 0 Å². The Labute approximate surface area is 202 Å². The Morgan fingerprint density at radius 2 is 1.71 bits per heavy atom. The van der Waals surface area contributed by atoms with Crippen molar-refractivity contribution in [2.45, 2.75) is 58.4 Å². The Hall–Kier alpha value is -3.60. The van der Waals surface area contributed by atoms with Gasteiger partial charge in [0, 0.05) is 42.8 Å². The minimum atomic E-state index is -0.745. The number of nitrogens with two attached hydrogens (primary N) is 1. The number of aryl methyl sites for hydroxylation is 1. The van der Waals surface area contributed by atoms with Crippen LogP contribution in [0.4, 0.5) is 0 Å². The number of rotatable bonds is 11. The van der Waals surface area contributed by atoms with Gasteiger partial charge in [-0.2, -0.15) is 0 Å². The molecule has 5 N–H and O–H groups in total. The quantitative estimate of drug-likeness (QED) is 0.345. The van der Waals surface area contributed by atoms with Gasteiger partial charge in [0.05, 0.1) is 6.04 Å². The summed E-state index contributed by atoms with van der Waals surface area (Å²) in [4.78, 5) is 56.9. The van der Waals surface area contributed by atoms with E-state index in [1.807, 2.05) is 36.6 Å². The van der Waals surface area contributed by atoms with Crippen LogP contribution in [0.3, 0.4) is 0 Å². The summed E-state index contributed by atoms with van der Waals surface area (Å²) < 4.78 is 0. The third kappa shape index (κ3) is 13.7. The number of benzene rings is 1. The average molecular weight is 494 g/mol. The molecule has 10 nitrogen and oxygen atoms in total. The van der Waals surface area contributed by atoms with Gasteiger partial charge in [0.2, 0.25) is 11.8 Å².